The lowest BCUT2D eigenvalue weighted by Crippen LogP contribution is -2.58. The number of carbonyl (C=O) groups is 1. The van der Waals surface area contributed by atoms with E-state index >= 15 is 0 Å². The molecular weight excluding hydrogens is 278 g/mol. The van der Waals surface area contributed by atoms with E-state index in [2.05, 4.69) is 5.32 Å². The standard InChI is InChI=1S/C14H23NO4S/c1-9-11(7-15-9)19-20(17,18)8-14-5-4-10(6-12(14)16)13(14,2)3/h9-11,15H,4-8H2,1-3H3/t9-,10?,11+,14-/m0/s1. The molecule has 3 aliphatic rings. The molecule has 0 aromatic rings. The van der Waals surface area contributed by atoms with Gasteiger partial charge in [-0.3, -0.25) is 8.98 Å². The summed E-state index contributed by atoms with van der Waals surface area (Å²) in [5, 5.41) is 3.08. The zero-order chi connectivity index (χ0) is 14.8. The van der Waals surface area contributed by atoms with Crippen LogP contribution in [-0.2, 0) is 19.1 Å². The van der Waals surface area contributed by atoms with E-state index in [4.69, 9.17) is 4.18 Å². The van der Waals surface area contributed by atoms with Crippen molar-refractivity contribution in [2.24, 2.45) is 16.7 Å². The molecule has 0 amide bonds. The van der Waals surface area contributed by atoms with Crippen molar-refractivity contribution in [3.63, 3.8) is 0 Å². The lowest BCUT2D eigenvalue weighted by Gasteiger charge is -2.38. The Labute approximate surface area is 120 Å². The summed E-state index contributed by atoms with van der Waals surface area (Å²) in [7, 11) is -3.67. The van der Waals surface area contributed by atoms with Gasteiger partial charge in [-0.2, -0.15) is 8.42 Å². The van der Waals surface area contributed by atoms with Crippen LogP contribution in [0.4, 0.5) is 0 Å². The molecule has 2 saturated carbocycles. The zero-order valence-electron chi connectivity index (χ0n) is 12.3. The predicted octanol–water partition coefficient (Wildman–Crippen LogP) is 1.09. The van der Waals surface area contributed by atoms with Crippen molar-refractivity contribution >= 4 is 15.9 Å². The Balaban J connectivity index is 1.81. The molecule has 2 aliphatic carbocycles. The number of fused-ring (bicyclic) bond motifs is 2. The van der Waals surface area contributed by atoms with E-state index in [9.17, 15) is 13.2 Å². The maximum Gasteiger partial charge on any atom is 0.268 e. The van der Waals surface area contributed by atoms with Gasteiger partial charge in [0.1, 0.15) is 11.9 Å². The van der Waals surface area contributed by atoms with Gasteiger partial charge < -0.3 is 5.32 Å². The molecular formula is C14H23NO4S. The molecule has 20 heavy (non-hydrogen) atoms. The smallest absolute Gasteiger partial charge is 0.268 e. The number of nitrogens with one attached hydrogen (secondary N) is 1. The Morgan fingerprint density at radius 3 is 2.50 bits per heavy atom. The molecule has 1 saturated heterocycles. The highest BCUT2D eigenvalue weighted by Gasteiger charge is 2.65. The van der Waals surface area contributed by atoms with E-state index in [1.54, 1.807) is 0 Å². The minimum atomic E-state index is -3.67. The highest BCUT2D eigenvalue weighted by atomic mass is 32.2. The van der Waals surface area contributed by atoms with E-state index in [-0.39, 0.29) is 29.1 Å². The molecule has 6 heteroatoms. The lowest BCUT2D eigenvalue weighted by molar-refractivity contribution is -0.128. The van der Waals surface area contributed by atoms with Crippen molar-refractivity contribution in [3.05, 3.63) is 0 Å². The summed E-state index contributed by atoms with van der Waals surface area (Å²) in [6.45, 7) is 6.54. The Morgan fingerprint density at radius 2 is 2.10 bits per heavy atom. The number of hydrogen-bond donors (Lipinski definition) is 1. The Morgan fingerprint density at radius 1 is 1.40 bits per heavy atom. The minimum Gasteiger partial charge on any atom is -0.309 e. The fourth-order valence-corrected chi connectivity index (χ4v) is 6.16. The summed E-state index contributed by atoms with van der Waals surface area (Å²) in [5.74, 6) is 0.297. The van der Waals surface area contributed by atoms with Crippen LogP contribution in [0.2, 0.25) is 0 Å². The second-order valence-electron chi connectivity index (χ2n) is 7.20. The quantitative estimate of drug-likeness (QED) is 0.787. The summed E-state index contributed by atoms with van der Waals surface area (Å²) < 4.78 is 30.0. The van der Waals surface area contributed by atoms with Gasteiger partial charge in [0.25, 0.3) is 10.1 Å². The molecule has 0 spiro atoms. The molecule has 2 bridgehead atoms. The monoisotopic (exact) mass is 301 g/mol. The van der Waals surface area contributed by atoms with E-state index < -0.39 is 15.5 Å². The van der Waals surface area contributed by atoms with Crippen LogP contribution in [0.25, 0.3) is 0 Å². The first-order valence-corrected chi connectivity index (χ1v) is 8.93. The first kappa shape index (κ1) is 14.5. The Kier molecular flexibility index (Phi) is 3.09. The first-order chi connectivity index (χ1) is 9.18. The summed E-state index contributed by atoms with van der Waals surface area (Å²) in [5.41, 5.74) is -0.957. The average Bonchev–Trinajstić information content (AvgIpc) is 2.68. The highest BCUT2D eigenvalue weighted by Crippen LogP contribution is 2.64. The number of hydrogen-bond acceptors (Lipinski definition) is 5. The van der Waals surface area contributed by atoms with Gasteiger partial charge in [0, 0.05) is 19.0 Å². The second-order valence-corrected chi connectivity index (χ2v) is 8.80. The van der Waals surface area contributed by atoms with Crippen LogP contribution in [0, 0.1) is 16.7 Å². The third-order valence-corrected chi connectivity index (χ3v) is 7.42. The van der Waals surface area contributed by atoms with Crippen LogP contribution in [0.3, 0.4) is 0 Å². The van der Waals surface area contributed by atoms with E-state index in [1.807, 2.05) is 20.8 Å². The first-order valence-electron chi connectivity index (χ1n) is 7.36. The van der Waals surface area contributed by atoms with Crippen molar-refractivity contribution < 1.29 is 17.4 Å². The molecule has 1 heterocycles. The van der Waals surface area contributed by atoms with Crippen molar-refractivity contribution in [3.8, 4) is 0 Å². The summed E-state index contributed by atoms with van der Waals surface area (Å²) in [6, 6.07) is 0.0610. The van der Waals surface area contributed by atoms with Gasteiger partial charge in [0.15, 0.2) is 0 Å². The van der Waals surface area contributed by atoms with Crippen LogP contribution in [0.15, 0.2) is 0 Å². The summed E-state index contributed by atoms with van der Waals surface area (Å²) in [4.78, 5) is 12.4. The van der Waals surface area contributed by atoms with Gasteiger partial charge in [-0.1, -0.05) is 13.8 Å². The molecule has 114 valence electrons. The summed E-state index contributed by atoms with van der Waals surface area (Å²) >= 11 is 0. The zero-order valence-corrected chi connectivity index (χ0v) is 13.1. The normalized spacial score (nSPS) is 42.8. The van der Waals surface area contributed by atoms with Crippen LogP contribution in [-0.4, -0.2) is 38.6 Å². The molecule has 5 nitrogen and oxygen atoms in total. The van der Waals surface area contributed by atoms with Crippen LogP contribution in [0.5, 0.6) is 0 Å². The van der Waals surface area contributed by atoms with Crippen molar-refractivity contribution in [1.82, 2.24) is 5.32 Å². The third kappa shape index (κ3) is 1.88. The predicted molar refractivity (Wildman–Crippen MR) is 74.7 cm³/mol. The Bertz CT molecular complexity index is 541. The van der Waals surface area contributed by atoms with Gasteiger partial charge in [0.2, 0.25) is 0 Å². The molecule has 3 fully saturated rings. The van der Waals surface area contributed by atoms with Gasteiger partial charge >= 0.3 is 0 Å². The van der Waals surface area contributed by atoms with Gasteiger partial charge in [-0.15, -0.1) is 0 Å². The number of ketones is 1. The van der Waals surface area contributed by atoms with E-state index in [0.717, 1.165) is 6.42 Å². The second kappa shape index (κ2) is 4.27. The molecule has 3 rings (SSSR count). The maximum atomic E-state index is 12.4. The van der Waals surface area contributed by atoms with Crippen LogP contribution >= 0.6 is 0 Å². The lowest BCUT2D eigenvalue weighted by atomic mass is 9.70. The highest BCUT2D eigenvalue weighted by molar-refractivity contribution is 7.86. The van der Waals surface area contributed by atoms with Gasteiger partial charge in [-0.05, 0) is 31.1 Å². The summed E-state index contributed by atoms with van der Waals surface area (Å²) in [6.07, 6.45) is 1.89. The molecule has 4 atom stereocenters. The SMILES string of the molecule is C[C@@H]1NC[C@H]1OS(=O)(=O)C[C@@]12CCC(CC1=O)C2(C)C. The molecule has 1 N–H and O–H groups in total. The van der Waals surface area contributed by atoms with E-state index in [0.29, 0.717) is 25.3 Å². The van der Waals surface area contributed by atoms with Crippen LogP contribution < -0.4 is 5.32 Å². The molecule has 1 unspecified atom stereocenters. The van der Waals surface area contributed by atoms with Crippen molar-refractivity contribution in [2.75, 3.05) is 12.3 Å². The fraction of sp³-hybridized carbons (Fsp3) is 0.929. The average molecular weight is 301 g/mol. The van der Waals surface area contributed by atoms with Gasteiger partial charge in [-0.25, -0.2) is 0 Å². The van der Waals surface area contributed by atoms with E-state index in [1.165, 1.54) is 0 Å². The largest absolute Gasteiger partial charge is 0.309 e. The molecule has 0 aromatic heterocycles. The van der Waals surface area contributed by atoms with Crippen molar-refractivity contribution in [2.45, 2.75) is 52.2 Å². The van der Waals surface area contributed by atoms with Gasteiger partial charge in [0.05, 0.1) is 11.2 Å². The molecule has 0 radical (unpaired) electrons. The van der Waals surface area contributed by atoms with Crippen LogP contribution in [0.1, 0.15) is 40.0 Å². The fourth-order valence-electron chi connectivity index (χ4n) is 4.20. The third-order valence-electron chi connectivity index (χ3n) is 6.03. The topological polar surface area (TPSA) is 72.5 Å². The number of rotatable bonds is 4. The minimum absolute atomic E-state index is 0.0610. The Hall–Kier alpha value is -0.460. The molecule has 1 aliphatic heterocycles. The maximum absolute atomic E-state index is 12.4. The number of carbonyl (C=O) groups excluding carboxylic acids is 1. The molecule has 0 aromatic carbocycles. The van der Waals surface area contributed by atoms with Crippen molar-refractivity contribution in [1.29, 1.82) is 0 Å². The number of Topliss-reactive ketones (excluding diaryl/α,β-unsaturated/α-hetero) is 1.